The van der Waals surface area contributed by atoms with E-state index in [-0.39, 0.29) is 35.1 Å². The van der Waals surface area contributed by atoms with Gasteiger partial charge in [0.05, 0.1) is 46.3 Å². The summed E-state index contributed by atoms with van der Waals surface area (Å²) in [5.74, 6) is -0.729. The maximum atomic E-state index is 15.3. The molecule has 4 aromatic heterocycles. The summed E-state index contributed by atoms with van der Waals surface area (Å²) in [6, 6.07) is 4.50. The first-order chi connectivity index (χ1) is 17.4. The van der Waals surface area contributed by atoms with E-state index in [9.17, 15) is 18.0 Å². The molecule has 9 nitrogen and oxygen atoms in total. The number of carbonyl (C=O) groups excluding carboxylic acids is 1. The molecule has 4 heterocycles. The predicted molar refractivity (Wildman–Crippen MR) is 127 cm³/mol. The average Bonchev–Trinajstić information content (AvgIpc) is 3.38. The number of rotatable bonds is 4. The molecule has 0 fully saturated rings. The molecule has 0 unspecified atom stereocenters. The van der Waals surface area contributed by atoms with Crippen LogP contribution in [0.5, 0.6) is 0 Å². The van der Waals surface area contributed by atoms with E-state index >= 15 is 4.39 Å². The number of aryl methyl sites for hydroxylation is 3. The Bertz CT molecular complexity index is 1670. The van der Waals surface area contributed by atoms with Gasteiger partial charge < -0.3 is 10.3 Å². The predicted octanol–water partition coefficient (Wildman–Crippen LogP) is 4.21. The first kappa shape index (κ1) is 24.2. The van der Waals surface area contributed by atoms with Gasteiger partial charge in [-0.2, -0.15) is 13.2 Å². The summed E-state index contributed by atoms with van der Waals surface area (Å²) >= 11 is 0. The molecular weight excluding hydrogens is 492 g/mol. The topological polar surface area (TPSA) is 107 Å². The van der Waals surface area contributed by atoms with Crippen LogP contribution in [-0.4, -0.2) is 34.8 Å². The van der Waals surface area contributed by atoms with Gasteiger partial charge >= 0.3 is 6.18 Å². The zero-order chi connectivity index (χ0) is 26.6. The molecule has 5 aromatic rings. The zero-order valence-corrected chi connectivity index (χ0v) is 19.9. The number of carbonyl (C=O) groups is 1. The van der Waals surface area contributed by atoms with Gasteiger partial charge in [-0.25, -0.2) is 19.3 Å². The average molecular weight is 512 g/mol. The van der Waals surface area contributed by atoms with E-state index in [1.807, 2.05) is 0 Å². The van der Waals surface area contributed by atoms with E-state index in [1.165, 1.54) is 18.3 Å². The molecule has 1 aromatic carbocycles. The summed E-state index contributed by atoms with van der Waals surface area (Å²) in [5, 5.41) is 0. The number of nitrogens with zero attached hydrogens (tertiary/aromatic N) is 7. The molecule has 0 aliphatic carbocycles. The van der Waals surface area contributed by atoms with Crippen molar-refractivity contribution < 1.29 is 22.4 Å². The maximum absolute atomic E-state index is 15.3. The Balaban J connectivity index is 1.63. The minimum absolute atomic E-state index is 0.157. The second-order valence-electron chi connectivity index (χ2n) is 8.56. The van der Waals surface area contributed by atoms with Crippen molar-refractivity contribution in [2.24, 2.45) is 7.05 Å². The van der Waals surface area contributed by atoms with Crippen LogP contribution in [0.25, 0.3) is 16.6 Å². The third-order valence-electron chi connectivity index (χ3n) is 5.91. The summed E-state index contributed by atoms with van der Waals surface area (Å²) < 4.78 is 57.5. The lowest BCUT2D eigenvalue weighted by atomic mass is 10.1. The van der Waals surface area contributed by atoms with E-state index in [0.717, 1.165) is 17.0 Å². The molecular formula is C24H20F4N8O. The highest BCUT2D eigenvalue weighted by atomic mass is 19.4. The van der Waals surface area contributed by atoms with Gasteiger partial charge in [0.1, 0.15) is 23.0 Å². The Hall–Kier alpha value is -4.55. The molecule has 0 aliphatic heterocycles. The first-order valence-electron chi connectivity index (χ1n) is 11.0. The number of pyridine rings is 1. The van der Waals surface area contributed by atoms with E-state index in [2.05, 4.69) is 19.9 Å². The quantitative estimate of drug-likeness (QED) is 0.362. The van der Waals surface area contributed by atoms with Crippen molar-refractivity contribution in [2.45, 2.75) is 26.6 Å². The van der Waals surface area contributed by atoms with Gasteiger partial charge in [0.2, 0.25) is 5.95 Å². The first-order valence-corrected chi connectivity index (χ1v) is 11.0. The van der Waals surface area contributed by atoms with Crippen LogP contribution in [0, 0.1) is 19.7 Å². The van der Waals surface area contributed by atoms with Gasteiger partial charge in [-0.3, -0.25) is 19.1 Å². The van der Waals surface area contributed by atoms with Crippen LogP contribution in [0.2, 0.25) is 0 Å². The summed E-state index contributed by atoms with van der Waals surface area (Å²) in [7, 11) is 1.65. The number of anilines is 2. The molecule has 0 bridgehead atoms. The maximum Gasteiger partial charge on any atom is 0.417 e. The van der Waals surface area contributed by atoms with E-state index in [4.69, 9.17) is 5.73 Å². The lowest BCUT2D eigenvalue weighted by Crippen LogP contribution is -2.33. The number of alkyl halides is 3. The summed E-state index contributed by atoms with van der Waals surface area (Å²) in [5.41, 5.74) is 6.66. The van der Waals surface area contributed by atoms with Crippen LogP contribution in [0.15, 0.2) is 42.9 Å². The highest BCUT2D eigenvalue weighted by Crippen LogP contribution is 2.29. The molecule has 0 radical (unpaired) electrons. The molecule has 0 atom stereocenters. The molecule has 5 rings (SSSR count). The largest absolute Gasteiger partial charge is 0.417 e. The minimum Gasteiger partial charge on any atom is -0.382 e. The third-order valence-corrected chi connectivity index (χ3v) is 5.91. The van der Waals surface area contributed by atoms with Crippen molar-refractivity contribution in [1.82, 2.24) is 28.9 Å². The monoisotopic (exact) mass is 512 g/mol. The molecule has 0 saturated carbocycles. The number of imidazole rings is 2. The van der Waals surface area contributed by atoms with Crippen LogP contribution >= 0.6 is 0 Å². The lowest BCUT2D eigenvalue weighted by molar-refractivity contribution is -0.137. The van der Waals surface area contributed by atoms with E-state index < -0.39 is 23.5 Å². The van der Waals surface area contributed by atoms with Gasteiger partial charge in [-0.05, 0) is 32.0 Å². The van der Waals surface area contributed by atoms with E-state index in [1.54, 1.807) is 36.1 Å². The van der Waals surface area contributed by atoms with Crippen molar-refractivity contribution in [3.63, 3.8) is 0 Å². The molecule has 190 valence electrons. The Morgan fingerprint density at radius 1 is 1.08 bits per heavy atom. The van der Waals surface area contributed by atoms with Crippen molar-refractivity contribution in [2.75, 3.05) is 10.6 Å². The van der Waals surface area contributed by atoms with Gasteiger partial charge in [-0.1, -0.05) is 0 Å². The summed E-state index contributed by atoms with van der Waals surface area (Å²) in [4.78, 5) is 31.6. The Morgan fingerprint density at radius 3 is 2.46 bits per heavy atom. The minimum atomic E-state index is -4.56. The molecule has 1 amide bonds. The molecule has 0 spiro atoms. The molecule has 0 saturated heterocycles. The second-order valence-corrected chi connectivity index (χ2v) is 8.56. The number of benzene rings is 1. The SMILES string of the molecule is Cc1cn(C)c(N(Cc2ccc(C(F)(F)F)cn2)C(=O)c2cc3c(cc2F)nc(N)c2cnc(C)n23)n1. The fourth-order valence-electron chi connectivity index (χ4n) is 4.18. The number of aromatic nitrogens is 6. The second kappa shape index (κ2) is 8.54. The fourth-order valence-corrected chi connectivity index (χ4v) is 4.18. The number of halogens is 4. The number of amides is 1. The number of hydrogen-bond acceptors (Lipinski definition) is 6. The van der Waals surface area contributed by atoms with Gasteiger partial charge in [0, 0.05) is 25.5 Å². The van der Waals surface area contributed by atoms with Crippen LogP contribution in [-0.2, 0) is 19.8 Å². The molecule has 0 aliphatic rings. The highest BCUT2D eigenvalue weighted by molar-refractivity contribution is 6.07. The normalized spacial score (nSPS) is 12.0. The molecule has 2 N–H and O–H groups in total. The Labute approximate surface area is 207 Å². The third kappa shape index (κ3) is 4.21. The Morgan fingerprint density at radius 2 is 1.84 bits per heavy atom. The van der Waals surface area contributed by atoms with Gasteiger partial charge in [0.25, 0.3) is 5.91 Å². The van der Waals surface area contributed by atoms with Crippen LogP contribution in [0.1, 0.15) is 33.1 Å². The van der Waals surface area contributed by atoms with Crippen molar-refractivity contribution in [1.29, 1.82) is 0 Å². The van der Waals surface area contributed by atoms with Crippen LogP contribution in [0.4, 0.5) is 29.3 Å². The fraction of sp³-hybridized carbons (Fsp3) is 0.208. The van der Waals surface area contributed by atoms with Crippen molar-refractivity contribution in [3.05, 3.63) is 77.0 Å². The van der Waals surface area contributed by atoms with Crippen LogP contribution < -0.4 is 10.6 Å². The van der Waals surface area contributed by atoms with Gasteiger partial charge in [-0.15, -0.1) is 0 Å². The lowest BCUT2D eigenvalue weighted by Gasteiger charge is -2.22. The van der Waals surface area contributed by atoms with Crippen molar-refractivity contribution >= 4 is 34.2 Å². The van der Waals surface area contributed by atoms with Gasteiger partial charge in [0.15, 0.2) is 0 Å². The summed E-state index contributed by atoms with van der Waals surface area (Å²) in [6.45, 7) is 3.20. The molecule has 37 heavy (non-hydrogen) atoms. The smallest absolute Gasteiger partial charge is 0.382 e. The summed E-state index contributed by atoms with van der Waals surface area (Å²) in [6.07, 6.45) is -0.675. The van der Waals surface area contributed by atoms with E-state index in [0.29, 0.717) is 28.7 Å². The standard InChI is InChI=1S/C24H20F4N8O/c1-12-10-34(3)23(32-12)35(11-15-5-4-14(8-31-15)24(26,27)28)22(37)16-6-19-18(7-17(16)25)33-21(29)20-9-30-13(2)36(19)20/h4-10H,11H2,1-3H3,(H2,29,33). The number of fused-ring (bicyclic) bond motifs is 3. The number of nitrogen functional groups attached to an aromatic ring is 1. The Kier molecular flexibility index (Phi) is 5.57. The number of nitrogens with two attached hydrogens (primary N) is 1. The van der Waals surface area contributed by atoms with Crippen LogP contribution in [0.3, 0.4) is 0 Å². The highest BCUT2D eigenvalue weighted by Gasteiger charge is 2.31. The van der Waals surface area contributed by atoms with Crippen molar-refractivity contribution in [3.8, 4) is 0 Å². The molecule has 13 heteroatoms. The zero-order valence-electron chi connectivity index (χ0n) is 19.9. The number of hydrogen-bond donors (Lipinski definition) is 1.